The zero-order valence-corrected chi connectivity index (χ0v) is 69.4. The number of para-hydroxylation sites is 1. The standard InChI is InChI=1S/2C54H33N3S.2Pt/c1-3-11-36(12-4-1)38-18-22-40(23-19-38)42-27-29-50-53(35-42)58-54(56-50)43-26-28-48-47-15-7-8-17-51(47)57(52(48)34-43)46-32-44(31-45(33-46)49-16-9-10-30-55-49)41-24-20-39(21-25-41)37-13-5-2-6-14-37;1-3-10-36(11-4-1)38-17-21-40(22-18-38)42-26-29-51-48(33-42)47-28-25-45(35-52(47)57(51)46-15-9-14-44(32-46)49-16-7-8-31-55-49)54-56-50-34-43(27-30-53(50)58-54)41-23-19-39(20-24-41)37-12-5-2-6-13-37;;/h1-32,35H;1-31,33-34H;;/q2*-2;2*+2. The second-order valence-corrected chi connectivity index (χ2v) is 31.0. The fourth-order valence-corrected chi connectivity index (χ4v) is 17.8. The van der Waals surface area contributed by atoms with E-state index < -0.39 is 0 Å². The van der Waals surface area contributed by atoms with Gasteiger partial charge in [-0.05, 0) is 177 Å². The van der Waals surface area contributed by atoms with E-state index in [1.54, 1.807) is 22.7 Å². The molecule has 0 bridgehead atoms. The van der Waals surface area contributed by atoms with Gasteiger partial charge in [-0.3, -0.25) is 9.97 Å². The third-order valence-corrected chi connectivity index (χ3v) is 23.9. The number of fused-ring (bicyclic) bond motifs is 8. The molecule has 22 rings (SSSR count). The van der Waals surface area contributed by atoms with Gasteiger partial charge < -0.3 is 19.1 Å². The smallest absolute Gasteiger partial charge is 0.346 e. The van der Waals surface area contributed by atoms with Gasteiger partial charge in [0.1, 0.15) is 0 Å². The molecule has 10 heteroatoms. The summed E-state index contributed by atoms with van der Waals surface area (Å²) in [5.74, 6) is 0. The Kier molecular flexibility index (Phi) is 20.7. The summed E-state index contributed by atoms with van der Waals surface area (Å²) < 4.78 is 6.88. The maximum atomic E-state index is 5.20. The van der Waals surface area contributed by atoms with Gasteiger partial charge in [0.25, 0.3) is 0 Å². The number of benzene rings is 16. The average Bonchev–Trinajstić information content (AvgIpc) is 1.58. The van der Waals surface area contributed by atoms with Crippen molar-refractivity contribution in [1.82, 2.24) is 29.1 Å². The van der Waals surface area contributed by atoms with Crippen molar-refractivity contribution in [3.63, 3.8) is 0 Å². The molecule has 0 unspecified atom stereocenters. The van der Waals surface area contributed by atoms with Gasteiger partial charge in [0.2, 0.25) is 0 Å². The molecule has 0 aliphatic rings. The number of hydrogen-bond acceptors (Lipinski definition) is 6. The summed E-state index contributed by atoms with van der Waals surface area (Å²) in [6, 6.07) is 152. The van der Waals surface area contributed by atoms with Gasteiger partial charge in [0, 0.05) is 42.8 Å². The first-order valence-electron chi connectivity index (χ1n) is 38.8. The maximum Gasteiger partial charge on any atom is 2.00 e. The summed E-state index contributed by atoms with van der Waals surface area (Å²) in [5, 5.41) is 6.46. The van der Waals surface area contributed by atoms with E-state index in [-0.39, 0.29) is 42.1 Å². The predicted octanol–water partition coefficient (Wildman–Crippen LogP) is 28.8. The second-order valence-electron chi connectivity index (χ2n) is 28.9. The van der Waals surface area contributed by atoms with E-state index in [1.807, 2.05) is 48.8 Å². The van der Waals surface area contributed by atoms with Crippen molar-refractivity contribution in [2.24, 2.45) is 0 Å². The molecule has 0 radical (unpaired) electrons. The molecule has 0 spiro atoms. The Morgan fingerprint density at radius 3 is 1.15 bits per heavy atom. The molecular weight excluding hydrogens is 1840 g/mol. The van der Waals surface area contributed by atoms with Gasteiger partial charge in [0.05, 0.1) is 11.0 Å². The molecule has 0 atom stereocenters. The first-order valence-corrected chi connectivity index (χ1v) is 40.4. The predicted molar refractivity (Wildman–Crippen MR) is 484 cm³/mol. The topological polar surface area (TPSA) is 61.4 Å². The van der Waals surface area contributed by atoms with Crippen molar-refractivity contribution in [3.05, 3.63) is 425 Å². The number of nitrogens with zero attached hydrogens (tertiary/aromatic N) is 6. The van der Waals surface area contributed by atoms with E-state index in [4.69, 9.17) is 15.0 Å². The molecule has 0 aliphatic carbocycles. The largest absolute Gasteiger partial charge is 2.00 e. The fourth-order valence-electron chi connectivity index (χ4n) is 15.9. The SMILES string of the molecule is [Pt+2].[Pt+2].[c-]1c(-c2ccccn2)cc(-c2ccc(-c3ccccc3)cc2)cc1-n1c2[c-]c(-c3nc4ccc(-c5ccc(-c6ccccc6)cc5)cc4s3)ccc2c2ccccc21.[c-]1c(-c2ccccn2)cccc1-n1c2[c-]c(-c3nc4cc(-c5ccc(-c6ccccc6)cc5)ccc4s3)ccc2c2cc(-c3ccc(-c4ccccc4)cc3)ccc21. The Morgan fingerprint density at radius 1 is 0.220 bits per heavy atom. The van der Waals surface area contributed by atoms with Gasteiger partial charge in [-0.15, -0.1) is 101 Å². The Hall–Kier alpha value is -13.4. The molecule has 0 saturated heterocycles. The van der Waals surface area contributed by atoms with Crippen LogP contribution in [-0.2, 0) is 42.1 Å². The normalized spacial score (nSPS) is 11.3. The van der Waals surface area contributed by atoms with Gasteiger partial charge in [-0.25, -0.2) is 0 Å². The second kappa shape index (κ2) is 32.7. The van der Waals surface area contributed by atoms with Crippen molar-refractivity contribution in [2.75, 3.05) is 0 Å². The average molecular weight is 1900 g/mol. The molecule has 0 saturated carbocycles. The zero-order valence-electron chi connectivity index (χ0n) is 63.2. The van der Waals surface area contributed by atoms with Gasteiger partial charge in [-0.2, -0.15) is 22.7 Å². The van der Waals surface area contributed by atoms with Crippen molar-refractivity contribution in [2.45, 2.75) is 0 Å². The minimum absolute atomic E-state index is 0. The summed E-state index contributed by atoms with van der Waals surface area (Å²) in [5.41, 5.74) is 32.4. The Balaban J connectivity index is 0.000000154. The van der Waals surface area contributed by atoms with Gasteiger partial charge in [-0.1, -0.05) is 301 Å². The molecule has 22 aromatic rings. The summed E-state index contributed by atoms with van der Waals surface area (Å²) in [4.78, 5) is 19.7. The first-order chi connectivity index (χ1) is 57.4. The third-order valence-electron chi connectivity index (χ3n) is 21.8. The van der Waals surface area contributed by atoms with Crippen LogP contribution in [0.1, 0.15) is 0 Å². The number of aromatic nitrogens is 6. The van der Waals surface area contributed by atoms with Gasteiger partial charge >= 0.3 is 42.1 Å². The van der Waals surface area contributed by atoms with E-state index >= 15 is 0 Å². The van der Waals surface area contributed by atoms with Crippen LogP contribution in [0.25, 0.3) is 208 Å². The van der Waals surface area contributed by atoms with Crippen molar-refractivity contribution >= 4 is 86.7 Å². The van der Waals surface area contributed by atoms with Crippen LogP contribution in [0, 0.1) is 24.3 Å². The van der Waals surface area contributed by atoms with Crippen molar-refractivity contribution < 1.29 is 42.1 Å². The maximum absolute atomic E-state index is 5.20. The number of hydrogen-bond donors (Lipinski definition) is 0. The van der Waals surface area contributed by atoms with Crippen LogP contribution >= 0.6 is 22.7 Å². The van der Waals surface area contributed by atoms with Crippen LogP contribution in [0.3, 0.4) is 0 Å². The zero-order chi connectivity index (χ0) is 76.8. The first kappa shape index (κ1) is 74.7. The Morgan fingerprint density at radius 2 is 0.619 bits per heavy atom. The van der Waals surface area contributed by atoms with Crippen LogP contribution in [0.5, 0.6) is 0 Å². The fraction of sp³-hybridized carbons (Fsp3) is 0. The number of rotatable bonds is 14. The van der Waals surface area contributed by atoms with Crippen LogP contribution in [0.15, 0.2) is 401 Å². The molecule has 560 valence electrons. The molecule has 16 aromatic carbocycles. The van der Waals surface area contributed by atoms with Crippen LogP contribution in [0.4, 0.5) is 0 Å². The van der Waals surface area contributed by atoms with E-state index in [9.17, 15) is 0 Å². The quantitative estimate of drug-likeness (QED) is 0.102. The van der Waals surface area contributed by atoms with Crippen molar-refractivity contribution in [3.8, 4) is 144 Å². The van der Waals surface area contributed by atoms with E-state index in [2.05, 4.69) is 390 Å². The minimum atomic E-state index is 0. The molecular formula is C108H66N6Pt2S2. The monoisotopic (exact) mass is 1900 g/mol. The number of thiazole rings is 2. The Labute approximate surface area is 720 Å². The summed E-state index contributed by atoms with van der Waals surface area (Å²) in [7, 11) is 0. The molecule has 118 heavy (non-hydrogen) atoms. The molecule has 0 aliphatic heterocycles. The molecule has 6 nitrogen and oxygen atoms in total. The molecule has 0 fully saturated rings. The van der Waals surface area contributed by atoms with Crippen LogP contribution in [-0.4, -0.2) is 29.1 Å². The van der Waals surface area contributed by atoms with Crippen LogP contribution in [0.2, 0.25) is 0 Å². The Bertz CT molecular complexity index is 7380. The third kappa shape index (κ3) is 14.7. The van der Waals surface area contributed by atoms with E-state index in [0.717, 1.165) is 141 Å². The molecule has 6 aromatic heterocycles. The minimum Gasteiger partial charge on any atom is -0.346 e. The van der Waals surface area contributed by atoms with E-state index in [1.165, 1.54) is 66.8 Å². The molecule has 0 N–H and O–H groups in total. The van der Waals surface area contributed by atoms with E-state index in [0.29, 0.717) is 0 Å². The van der Waals surface area contributed by atoms with Gasteiger partial charge in [0.15, 0.2) is 0 Å². The van der Waals surface area contributed by atoms with Crippen LogP contribution < -0.4 is 0 Å². The molecule has 6 heterocycles. The summed E-state index contributed by atoms with van der Waals surface area (Å²) >= 11 is 3.41. The van der Waals surface area contributed by atoms with Crippen molar-refractivity contribution in [1.29, 1.82) is 0 Å². The summed E-state index contributed by atoms with van der Waals surface area (Å²) in [6.07, 6.45) is 3.67. The molecule has 0 amide bonds. The number of pyridine rings is 2. The summed E-state index contributed by atoms with van der Waals surface area (Å²) in [6.45, 7) is 0.